The van der Waals surface area contributed by atoms with Crippen molar-refractivity contribution >= 4 is 23.0 Å². The molecule has 1 aromatic carbocycles. The fourth-order valence-corrected chi connectivity index (χ4v) is 3.80. The van der Waals surface area contributed by atoms with E-state index in [0.717, 1.165) is 49.8 Å². The van der Waals surface area contributed by atoms with Gasteiger partial charge in [-0.05, 0) is 56.7 Å². The molecule has 0 saturated heterocycles. The highest BCUT2D eigenvalue weighted by atomic mass is 35.5. The fraction of sp³-hybridized carbons (Fsp3) is 0.611. The van der Waals surface area contributed by atoms with Crippen molar-refractivity contribution in [2.75, 3.05) is 0 Å². The van der Waals surface area contributed by atoms with Gasteiger partial charge in [0, 0.05) is 16.3 Å². The van der Waals surface area contributed by atoms with Crippen molar-refractivity contribution in [3.05, 3.63) is 28.8 Å². The first-order valence-corrected chi connectivity index (χ1v) is 8.64. The second-order valence-corrected chi connectivity index (χ2v) is 6.93. The predicted molar refractivity (Wildman–Crippen MR) is 88.6 cm³/mol. The van der Waals surface area contributed by atoms with Crippen LogP contribution >= 0.6 is 11.6 Å². The lowest BCUT2D eigenvalue weighted by atomic mass is 9.79. The van der Waals surface area contributed by atoms with Gasteiger partial charge in [0.05, 0.1) is 11.3 Å². The van der Waals surface area contributed by atoms with Crippen LogP contribution in [-0.2, 0) is 5.60 Å². The molecule has 0 heterocycles. The highest BCUT2D eigenvalue weighted by molar-refractivity contribution is 6.30. The zero-order chi connectivity index (χ0) is 14.7. The number of hydrogen-bond acceptors (Lipinski definition) is 2. The Balaban J connectivity index is 1.96. The third kappa shape index (κ3) is 3.49. The standard InChI is InChI=1S/C18H24ClNO/c19-14-9-10-17(20-15-7-3-1-4-8-15)16(13-14)18(21)11-5-2-6-12-18/h9-10,13,21H,1-8,11-12H2. The molecule has 3 rings (SSSR count). The van der Waals surface area contributed by atoms with Gasteiger partial charge in [0.15, 0.2) is 0 Å². The van der Waals surface area contributed by atoms with Crippen LogP contribution < -0.4 is 0 Å². The van der Waals surface area contributed by atoms with Crippen molar-refractivity contribution in [1.29, 1.82) is 0 Å². The molecule has 21 heavy (non-hydrogen) atoms. The van der Waals surface area contributed by atoms with Gasteiger partial charge in [-0.1, -0.05) is 37.3 Å². The van der Waals surface area contributed by atoms with E-state index in [1.165, 1.54) is 31.4 Å². The van der Waals surface area contributed by atoms with E-state index in [-0.39, 0.29) is 0 Å². The highest BCUT2D eigenvalue weighted by Gasteiger charge is 2.33. The zero-order valence-corrected chi connectivity index (χ0v) is 13.3. The minimum absolute atomic E-state index is 0.691. The van der Waals surface area contributed by atoms with Crippen LogP contribution in [0.2, 0.25) is 5.02 Å². The van der Waals surface area contributed by atoms with E-state index in [0.29, 0.717) is 5.02 Å². The fourth-order valence-electron chi connectivity index (χ4n) is 3.63. The largest absolute Gasteiger partial charge is 0.385 e. The second kappa shape index (κ2) is 6.50. The minimum atomic E-state index is -0.739. The van der Waals surface area contributed by atoms with Gasteiger partial charge in [0.1, 0.15) is 0 Å². The summed E-state index contributed by atoms with van der Waals surface area (Å²) in [5, 5.41) is 11.7. The van der Waals surface area contributed by atoms with Crippen molar-refractivity contribution in [3.8, 4) is 0 Å². The van der Waals surface area contributed by atoms with Crippen molar-refractivity contribution < 1.29 is 5.11 Å². The van der Waals surface area contributed by atoms with Gasteiger partial charge in [-0.15, -0.1) is 0 Å². The number of halogens is 1. The van der Waals surface area contributed by atoms with Gasteiger partial charge in [-0.25, -0.2) is 0 Å². The monoisotopic (exact) mass is 305 g/mol. The third-order valence-corrected chi connectivity index (χ3v) is 5.09. The Bertz CT molecular complexity index is 524. The summed E-state index contributed by atoms with van der Waals surface area (Å²) in [6.45, 7) is 0. The molecule has 0 aliphatic heterocycles. The molecule has 2 nitrogen and oxygen atoms in total. The van der Waals surface area contributed by atoms with Gasteiger partial charge in [0.25, 0.3) is 0 Å². The molecule has 0 aromatic heterocycles. The maximum Gasteiger partial charge on any atom is 0.0917 e. The van der Waals surface area contributed by atoms with Gasteiger partial charge >= 0.3 is 0 Å². The molecular weight excluding hydrogens is 282 g/mol. The Morgan fingerprint density at radius 1 is 0.952 bits per heavy atom. The first-order valence-electron chi connectivity index (χ1n) is 8.26. The lowest BCUT2D eigenvalue weighted by molar-refractivity contribution is -0.0000481. The molecule has 0 atom stereocenters. The summed E-state index contributed by atoms with van der Waals surface area (Å²) in [7, 11) is 0. The van der Waals surface area contributed by atoms with Crippen LogP contribution in [0.25, 0.3) is 0 Å². The molecule has 0 radical (unpaired) electrons. The molecule has 2 aliphatic carbocycles. The van der Waals surface area contributed by atoms with E-state index in [4.69, 9.17) is 16.6 Å². The average molecular weight is 306 g/mol. The van der Waals surface area contributed by atoms with Gasteiger partial charge in [0.2, 0.25) is 0 Å². The lowest BCUT2D eigenvalue weighted by Crippen LogP contribution is -2.28. The Morgan fingerprint density at radius 2 is 1.62 bits per heavy atom. The summed E-state index contributed by atoms with van der Waals surface area (Å²) < 4.78 is 0. The number of rotatable bonds is 2. The third-order valence-electron chi connectivity index (χ3n) is 4.85. The number of aliphatic hydroxyl groups is 1. The molecule has 114 valence electrons. The molecule has 0 spiro atoms. The van der Waals surface area contributed by atoms with Crippen LogP contribution in [0.1, 0.15) is 69.8 Å². The maximum absolute atomic E-state index is 11.0. The van der Waals surface area contributed by atoms with Crippen LogP contribution in [-0.4, -0.2) is 10.8 Å². The number of hydrogen-bond donors (Lipinski definition) is 1. The summed E-state index contributed by atoms with van der Waals surface area (Å²) in [6, 6.07) is 5.79. The Morgan fingerprint density at radius 3 is 2.33 bits per heavy atom. The summed E-state index contributed by atoms with van der Waals surface area (Å²) in [5.74, 6) is 0. The normalized spacial score (nSPS) is 22.1. The topological polar surface area (TPSA) is 32.6 Å². The van der Waals surface area contributed by atoms with E-state index in [1.54, 1.807) is 0 Å². The molecule has 0 amide bonds. The molecule has 1 aromatic rings. The van der Waals surface area contributed by atoms with Crippen LogP contribution in [0, 0.1) is 0 Å². The van der Waals surface area contributed by atoms with E-state index in [2.05, 4.69) is 0 Å². The van der Waals surface area contributed by atoms with Crippen LogP contribution in [0.4, 0.5) is 5.69 Å². The first kappa shape index (κ1) is 15.1. The van der Waals surface area contributed by atoms with Crippen molar-refractivity contribution in [3.63, 3.8) is 0 Å². The summed E-state index contributed by atoms with van der Waals surface area (Å²) in [5.41, 5.74) is 2.41. The molecule has 2 saturated carbocycles. The summed E-state index contributed by atoms with van der Waals surface area (Å²) in [4.78, 5) is 4.88. The van der Waals surface area contributed by atoms with E-state index in [9.17, 15) is 5.11 Å². The van der Waals surface area contributed by atoms with Crippen LogP contribution in [0.5, 0.6) is 0 Å². The van der Waals surface area contributed by atoms with Gasteiger partial charge in [-0.2, -0.15) is 0 Å². The summed E-state index contributed by atoms with van der Waals surface area (Å²) in [6.07, 6.45) is 11.0. The van der Waals surface area contributed by atoms with E-state index >= 15 is 0 Å². The average Bonchev–Trinajstić information content (AvgIpc) is 2.51. The molecule has 3 heteroatoms. The Hall–Kier alpha value is -0.860. The lowest BCUT2D eigenvalue weighted by Gasteiger charge is -2.33. The molecule has 0 bridgehead atoms. The van der Waals surface area contributed by atoms with Crippen molar-refractivity contribution in [2.24, 2.45) is 4.99 Å². The van der Waals surface area contributed by atoms with Gasteiger partial charge in [-0.3, -0.25) is 4.99 Å². The smallest absolute Gasteiger partial charge is 0.0917 e. The van der Waals surface area contributed by atoms with Crippen LogP contribution in [0.15, 0.2) is 23.2 Å². The van der Waals surface area contributed by atoms with Crippen molar-refractivity contribution in [2.45, 2.75) is 69.8 Å². The number of benzene rings is 1. The predicted octanol–water partition coefficient (Wildman–Crippen LogP) is 5.53. The Kier molecular flexibility index (Phi) is 4.66. The quantitative estimate of drug-likeness (QED) is 0.765. The second-order valence-electron chi connectivity index (χ2n) is 6.49. The van der Waals surface area contributed by atoms with Crippen molar-refractivity contribution in [1.82, 2.24) is 0 Å². The van der Waals surface area contributed by atoms with E-state index in [1.807, 2.05) is 18.2 Å². The molecular formula is C18H24ClNO. The molecule has 2 fully saturated rings. The minimum Gasteiger partial charge on any atom is -0.385 e. The Labute approximate surface area is 132 Å². The van der Waals surface area contributed by atoms with Gasteiger partial charge < -0.3 is 5.11 Å². The SMILES string of the molecule is OC1(c2cc(Cl)ccc2N=C2CCCCC2)CCCCC1. The number of aliphatic imine (C=N–C) groups is 1. The van der Waals surface area contributed by atoms with Crippen LogP contribution in [0.3, 0.4) is 0 Å². The first-order chi connectivity index (χ1) is 10.2. The number of nitrogens with zero attached hydrogens (tertiary/aromatic N) is 1. The molecule has 0 unspecified atom stereocenters. The molecule has 2 aliphatic rings. The summed E-state index contributed by atoms with van der Waals surface area (Å²) >= 11 is 6.18. The zero-order valence-electron chi connectivity index (χ0n) is 12.6. The molecule has 1 N–H and O–H groups in total. The maximum atomic E-state index is 11.0. The highest BCUT2D eigenvalue weighted by Crippen LogP contribution is 2.42. The van der Waals surface area contributed by atoms with E-state index < -0.39 is 5.60 Å².